The van der Waals surface area contributed by atoms with Crippen molar-refractivity contribution in [2.24, 2.45) is 7.05 Å². The van der Waals surface area contributed by atoms with Gasteiger partial charge in [-0.2, -0.15) is 10.1 Å². The van der Waals surface area contributed by atoms with Crippen molar-refractivity contribution in [1.29, 1.82) is 0 Å². The molecule has 1 atom stereocenters. The number of aromatic nitrogens is 6. The molecule has 5 rings (SSSR count). The number of amides is 1. The Hall–Kier alpha value is -4.87. The van der Waals surface area contributed by atoms with Crippen molar-refractivity contribution in [3.8, 4) is 22.9 Å². The molecule has 40 heavy (non-hydrogen) atoms. The third-order valence-electron chi connectivity index (χ3n) is 6.66. The van der Waals surface area contributed by atoms with Gasteiger partial charge in [0.25, 0.3) is 0 Å². The summed E-state index contributed by atoms with van der Waals surface area (Å²) >= 11 is 0. The van der Waals surface area contributed by atoms with Crippen LogP contribution in [0, 0.1) is 12.7 Å². The molecule has 3 aromatic heterocycles. The van der Waals surface area contributed by atoms with Crippen LogP contribution in [-0.2, 0) is 11.8 Å². The lowest BCUT2D eigenvalue weighted by Gasteiger charge is -2.41. The smallest absolute Gasteiger partial charge is 0.322 e. The minimum absolute atomic E-state index is 0.00859. The van der Waals surface area contributed by atoms with Gasteiger partial charge in [-0.1, -0.05) is 19.6 Å². The van der Waals surface area contributed by atoms with E-state index in [1.807, 2.05) is 25.1 Å². The van der Waals surface area contributed by atoms with Crippen LogP contribution in [0.5, 0.6) is 11.8 Å². The Labute approximate surface area is 231 Å². The SMILES string of the molecule is C=CC(=O)N1CCN(c2nc(Nc3cnn(C)c3)ncc2-c2ccc(Oc3nccc(C)n3)c(F)c2)CC1CC. The standard InChI is InChI=1S/C28H30FN9O2/c1-5-21-17-37(11-12-38(21)25(39)6-2)26-22(15-31-27(35-26)34-20-14-32-36(4)16-20)19-7-8-24(23(29)13-19)40-28-30-10-9-18(3)33-28/h6-10,13-16,21H,2,5,11-12,17H2,1,3-4H3,(H,31,34,35). The van der Waals surface area contributed by atoms with E-state index in [0.717, 1.165) is 12.1 Å². The number of ether oxygens (including phenoxy) is 1. The normalized spacial score (nSPS) is 15.2. The van der Waals surface area contributed by atoms with Gasteiger partial charge in [0.15, 0.2) is 11.6 Å². The van der Waals surface area contributed by atoms with Crippen LogP contribution in [0.25, 0.3) is 11.1 Å². The van der Waals surface area contributed by atoms with Crippen molar-refractivity contribution < 1.29 is 13.9 Å². The molecule has 11 nitrogen and oxygen atoms in total. The average molecular weight is 544 g/mol. The molecule has 0 spiro atoms. The Morgan fingerprint density at radius 3 is 2.77 bits per heavy atom. The van der Waals surface area contributed by atoms with Crippen molar-refractivity contribution >= 4 is 23.4 Å². The zero-order chi connectivity index (χ0) is 28.2. The molecule has 0 radical (unpaired) electrons. The highest BCUT2D eigenvalue weighted by molar-refractivity contribution is 5.87. The molecule has 1 unspecified atom stereocenters. The first kappa shape index (κ1) is 26.7. The van der Waals surface area contributed by atoms with Crippen LogP contribution < -0.4 is 15.0 Å². The van der Waals surface area contributed by atoms with Crippen LogP contribution in [0.1, 0.15) is 19.0 Å². The topological polar surface area (TPSA) is 114 Å². The van der Waals surface area contributed by atoms with Crippen LogP contribution in [0.4, 0.5) is 21.8 Å². The molecule has 0 bridgehead atoms. The van der Waals surface area contributed by atoms with E-state index in [1.165, 1.54) is 18.2 Å². The summed E-state index contributed by atoms with van der Waals surface area (Å²) in [6, 6.07) is 6.45. The minimum Gasteiger partial charge on any atom is -0.421 e. The summed E-state index contributed by atoms with van der Waals surface area (Å²) < 4.78 is 22.5. The molecule has 1 aromatic carbocycles. The van der Waals surface area contributed by atoms with Gasteiger partial charge in [0.2, 0.25) is 11.9 Å². The maximum Gasteiger partial charge on any atom is 0.322 e. The maximum atomic E-state index is 15.3. The Balaban J connectivity index is 1.49. The number of hydrogen-bond acceptors (Lipinski definition) is 9. The molecular formula is C28H30FN9O2. The number of rotatable bonds is 8. The summed E-state index contributed by atoms with van der Waals surface area (Å²) in [5.74, 6) is 0.346. The highest BCUT2D eigenvalue weighted by atomic mass is 19.1. The highest BCUT2D eigenvalue weighted by Crippen LogP contribution is 2.34. The van der Waals surface area contributed by atoms with Crippen molar-refractivity contribution in [2.75, 3.05) is 29.9 Å². The van der Waals surface area contributed by atoms with Gasteiger partial charge in [-0.05, 0) is 43.2 Å². The summed E-state index contributed by atoms with van der Waals surface area (Å²) in [4.78, 5) is 33.9. The largest absolute Gasteiger partial charge is 0.421 e. The number of carbonyl (C=O) groups excluding carboxylic acids is 1. The van der Waals surface area contributed by atoms with Gasteiger partial charge in [0.1, 0.15) is 5.82 Å². The number of halogens is 1. The minimum atomic E-state index is -0.570. The first-order valence-electron chi connectivity index (χ1n) is 12.9. The van der Waals surface area contributed by atoms with E-state index in [0.29, 0.717) is 48.2 Å². The first-order chi connectivity index (χ1) is 19.3. The Morgan fingerprint density at radius 1 is 1.23 bits per heavy atom. The molecule has 0 aliphatic carbocycles. The van der Waals surface area contributed by atoms with E-state index < -0.39 is 5.82 Å². The van der Waals surface area contributed by atoms with Gasteiger partial charge >= 0.3 is 6.01 Å². The van der Waals surface area contributed by atoms with Gasteiger partial charge in [-0.15, -0.1) is 0 Å². The van der Waals surface area contributed by atoms with E-state index in [2.05, 4.69) is 36.8 Å². The van der Waals surface area contributed by atoms with Crippen molar-refractivity contribution in [3.05, 3.63) is 73.2 Å². The molecule has 1 aliphatic heterocycles. The molecule has 1 fully saturated rings. The number of nitrogens with one attached hydrogen (secondary N) is 1. The Morgan fingerprint density at radius 2 is 2.08 bits per heavy atom. The van der Waals surface area contributed by atoms with Crippen LogP contribution >= 0.6 is 0 Å². The summed E-state index contributed by atoms with van der Waals surface area (Å²) in [6.45, 7) is 9.09. The van der Waals surface area contributed by atoms with Gasteiger partial charge in [-0.25, -0.2) is 19.3 Å². The number of carbonyl (C=O) groups is 1. The van der Waals surface area contributed by atoms with Crippen LogP contribution in [-0.4, -0.2) is 66.2 Å². The summed E-state index contributed by atoms with van der Waals surface area (Å²) in [5, 5.41) is 7.36. The number of benzene rings is 1. The van der Waals surface area contributed by atoms with E-state index in [-0.39, 0.29) is 23.7 Å². The monoisotopic (exact) mass is 543 g/mol. The van der Waals surface area contributed by atoms with E-state index in [4.69, 9.17) is 9.72 Å². The number of aryl methyl sites for hydroxylation is 2. The molecular weight excluding hydrogens is 513 g/mol. The molecule has 0 saturated carbocycles. The highest BCUT2D eigenvalue weighted by Gasteiger charge is 2.30. The van der Waals surface area contributed by atoms with Crippen LogP contribution in [0.2, 0.25) is 0 Å². The molecule has 1 aliphatic rings. The third-order valence-corrected chi connectivity index (χ3v) is 6.66. The fraction of sp³-hybridized carbons (Fsp3) is 0.286. The molecule has 4 heterocycles. The summed E-state index contributed by atoms with van der Waals surface area (Å²) in [5.41, 5.74) is 2.67. The Bertz CT molecular complexity index is 1540. The molecule has 12 heteroatoms. The molecule has 1 saturated heterocycles. The number of hydrogen-bond donors (Lipinski definition) is 1. The zero-order valence-corrected chi connectivity index (χ0v) is 22.6. The number of nitrogens with zero attached hydrogens (tertiary/aromatic N) is 8. The first-order valence-corrected chi connectivity index (χ1v) is 12.9. The van der Waals surface area contributed by atoms with Crippen molar-refractivity contribution in [2.45, 2.75) is 26.3 Å². The van der Waals surface area contributed by atoms with E-state index in [9.17, 15) is 4.79 Å². The molecule has 1 amide bonds. The van der Waals surface area contributed by atoms with Crippen LogP contribution in [0.15, 0.2) is 61.7 Å². The fourth-order valence-electron chi connectivity index (χ4n) is 4.62. The van der Waals surface area contributed by atoms with Gasteiger partial charge in [0.05, 0.1) is 11.9 Å². The van der Waals surface area contributed by atoms with Gasteiger partial charge in [-0.3, -0.25) is 9.48 Å². The fourth-order valence-corrected chi connectivity index (χ4v) is 4.62. The van der Waals surface area contributed by atoms with Gasteiger partial charge < -0.3 is 19.9 Å². The predicted octanol–water partition coefficient (Wildman–Crippen LogP) is 4.26. The number of piperazine rings is 1. The van der Waals surface area contributed by atoms with E-state index in [1.54, 1.807) is 42.3 Å². The summed E-state index contributed by atoms with van der Waals surface area (Å²) in [7, 11) is 1.82. The lowest BCUT2D eigenvalue weighted by atomic mass is 10.0. The lowest BCUT2D eigenvalue weighted by Crippen LogP contribution is -2.55. The quantitative estimate of drug-likeness (QED) is 0.326. The summed E-state index contributed by atoms with van der Waals surface area (Å²) in [6.07, 6.45) is 8.83. The molecule has 206 valence electrons. The lowest BCUT2D eigenvalue weighted by molar-refractivity contribution is -0.128. The third kappa shape index (κ3) is 5.75. The molecule has 4 aromatic rings. The van der Waals surface area contributed by atoms with Crippen molar-refractivity contribution in [1.82, 2.24) is 34.6 Å². The zero-order valence-electron chi connectivity index (χ0n) is 22.6. The van der Waals surface area contributed by atoms with E-state index >= 15 is 4.39 Å². The maximum absolute atomic E-state index is 15.3. The second-order valence-corrected chi connectivity index (χ2v) is 9.43. The number of anilines is 3. The Kier molecular flexibility index (Phi) is 7.67. The average Bonchev–Trinajstić information content (AvgIpc) is 3.37. The second kappa shape index (κ2) is 11.5. The predicted molar refractivity (Wildman–Crippen MR) is 149 cm³/mol. The van der Waals surface area contributed by atoms with Crippen molar-refractivity contribution in [3.63, 3.8) is 0 Å². The van der Waals surface area contributed by atoms with Crippen LogP contribution in [0.3, 0.4) is 0 Å². The second-order valence-electron chi connectivity index (χ2n) is 9.43. The van der Waals surface area contributed by atoms with Gasteiger partial charge in [0, 0.05) is 62.6 Å². The molecule has 1 N–H and O–H groups in total.